The third kappa shape index (κ3) is 4.35. The van der Waals surface area contributed by atoms with E-state index >= 15 is 0 Å². The Kier molecular flexibility index (Phi) is 6.76. The molecule has 0 unspecified atom stereocenters. The van der Waals surface area contributed by atoms with E-state index in [0.29, 0.717) is 0 Å². The van der Waals surface area contributed by atoms with Crippen LogP contribution >= 0.6 is 12.4 Å². The largest absolute Gasteiger partial charge is 0.350 e. The smallest absolute Gasteiger partial charge is 0.246 e. The lowest BCUT2D eigenvalue weighted by molar-refractivity contribution is -0.135. The number of hydrogen-bond donors (Lipinski definition) is 3. The maximum atomic E-state index is 12.6. The molecule has 2 fully saturated rings. The molecule has 1 saturated carbocycles. The number of carbonyl (C=O) groups excluding carboxylic acids is 2. The zero-order valence-corrected chi connectivity index (χ0v) is 13.0. The first-order valence-corrected chi connectivity index (χ1v) is 7.43. The third-order valence-corrected chi connectivity index (χ3v) is 4.19. The van der Waals surface area contributed by atoms with Crippen molar-refractivity contribution in [1.29, 1.82) is 0 Å². The van der Waals surface area contributed by atoms with Crippen molar-refractivity contribution >= 4 is 24.2 Å². The zero-order valence-electron chi connectivity index (χ0n) is 12.2. The lowest BCUT2D eigenvalue weighted by atomic mass is 9.80. The van der Waals surface area contributed by atoms with Crippen LogP contribution < -0.4 is 16.0 Å². The fourth-order valence-electron chi connectivity index (χ4n) is 3.20. The van der Waals surface area contributed by atoms with Gasteiger partial charge in [-0.1, -0.05) is 19.3 Å². The van der Waals surface area contributed by atoms with Crippen LogP contribution in [0.5, 0.6) is 0 Å². The normalized spacial score (nSPS) is 25.1. The molecule has 3 N–H and O–H groups in total. The molecule has 2 amide bonds. The van der Waals surface area contributed by atoms with Crippen LogP contribution in [0.15, 0.2) is 0 Å². The summed E-state index contributed by atoms with van der Waals surface area (Å²) in [5, 5.41) is 9.33. The van der Waals surface area contributed by atoms with Gasteiger partial charge in [0.25, 0.3) is 0 Å². The number of halogens is 1. The van der Waals surface area contributed by atoms with Crippen LogP contribution in [0.4, 0.5) is 0 Å². The first kappa shape index (κ1) is 17.2. The minimum atomic E-state index is -0.665. The van der Waals surface area contributed by atoms with Crippen molar-refractivity contribution in [2.24, 2.45) is 0 Å². The maximum absolute atomic E-state index is 12.6. The fraction of sp³-hybridized carbons (Fsp3) is 0.857. The number of amides is 2. The summed E-state index contributed by atoms with van der Waals surface area (Å²) in [5.74, 6) is -0.102. The number of nitrogens with one attached hydrogen (secondary N) is 3. The van der Waals surface area contributed by atoms with Crippen LogP contribution in [-0.2, 0) is 9.59 Å². The van der Waals surface area contributed by atoms with Gasteiger partial charge in [0.2, 0.25) is 11.8 Å². The summed E-state index contributed by atoms with van der Waals surface area (Å²) in [6.45, 7) is 3.36. The Balaban J connectivity index is 0.00000200. The molecular weight excluding hydrogens is 278 g/mol. The summed E-state index contributed by atoms with van der Waals surface area (Å²) in [6.07, 6.45) is 6.82. The van der Waals surface area contributed by atoms with E-state index in [4.69, 9.17) is 0 Å². The standard InChI is InChI=1S/C14H25N3O2.ClH/c1-11(18)17-14(7-3-2-4-8-14)13(19)16-12-6-5-9-15-10-12;/h12,15H,2-10H2,1H3,(H,16,19)(H,17,18);1H/t12-;/m0./s1. The van der Waals surface area contributed by atoms with Gasteiger partial charge >= 0.3 is 0 Å². The second-order valence-electron chi connectivity index (χ2n) is 5.84. The molecule has 0 aromatic heterocycles. The molecule has 2 aliphatic rings. The molecule has 1 saturated heterocycles. The second-order valence-corrected chi connectivity index (χ2v) is 5.84. The molecule has 0 radical (unpaired) electrons. The van der Waals surface area contributed by atoms with Crippen molar-refractivity contribution in [1.82, 2.24) is 16.0 Å². The molecule has 0 aromatic rings. The average molecular weight is 304 g/mol. The van der Waals surface area contributed by atoms with Crippen LogP contribution in [0.3, 0.4) is 0 Å². The molecule has 116 valence electrons. The molecule has 6 heteroatoms. The van der Waals surface area contributed by atoms with Crippen molar-refractivity contribution in [2.75, 3.05) is 13.1 Å². The summed E-state index contributed by atoms with van der Waals surface area (Å²) >= 11 is 0. The van der Waals surface area contributed by atoms with Crippen LogP contribution in [0.25, 0.3) is 0 Å². The fourth-order valence-corrected chi connectivity index (χ4v) is 3.20. The van der Waals surface area contributed by atoms with Crippen molar-refractivity contribution in [3.05, 3.63) is 0 Å². The van der Waals surface area contributed by atoms with Gasteiger partial charge in [0, 0.05) is 19.5 Å². The van der Waals surface area contributed by atoms with Crippen LogP contribution in [-0.4, -0.2) is 36.5 Å². The van der Waals surface area contributed by atoms with Gasteiger partial charge in [0.1, 0.15) is 5.54 Å². The van der Waals surface area contributed by atoms with E-state index in [1.165, 1.54) is 6.92 Å². The lowest BCUT2D eigenvalue weighted by Gasteiger charge is -2.38. The van der Waals surface area contributed by atoms with E-state index in [2.05, 4.69) is 16.0 Å². The summed E-state index contributed by atoms with van der Waals surface area (Å²) in [4.78, 5) is 24.0. The molecule has 1 atom stereocenters. The molecule has 0 aromatic carbocycles. The quantitative estimate of drug-likeness (QED) is 0.731. The zero-order chi connectivity index (χ0) is 13.7. The van der Waals surface area contributed by atoms with Crippen molar-refractivity contribution in [3.63, 3.8) is 0 Å². The number of carbonyl (C=O) groups is 2. The Hall–Kier alpha value is -0.810. The molecule has 1 heterocycles. The van der Waals surface area contributed by atoms with Crippen LogP contribution in [0, 0.1) is 0 Å². The van der Waals surface area contributed by atoms with E-state index in [9.17, 15) is 9.59 Å². The Bertz CT molecular complexity index is 337. The number of rotatable bonds is 3. The Morgan fingerprint density at radius 2 is 1.85 bits per heavy atom. The van der Waals surface area contributed by atoms with Gasteiger partial charge in [0.05, 0.1) is 0 Å². The van der Waals surface area contributed by atoms with Crippen molar-refractivity contribution < 1.29 is 9.59 Å². The highest BCUT2D eigenvalue weighted by Crippen LogP contribution is 2.28. The third-order valence-electron chi connectivity index (χ3n) is 4.19. The molecule has 0 bridgehead atoms. The summed E-state index contributed by atoms with van der Waals surface area (Å²) < 4.78 is 0. The molecule has 1 aliphatic heterocycles. The monoisotopic (exact) mass is 303 g/mol. The number of hydrogen-bond acceptors (Lipinski definition) is 3. The Morgan fingerprint density at radius 1 is 1.15 bits per heavy atom. The average Bonchev–Trinajstić information content (AvgIpc) is 2.40. The molecule has 1 aliphatic carbocycles. The van der Waals surface area contributed by atoms with E-state index in [1.807, 2.05) is 0 Å². The predicted octanol–water partition coefficient (Wildman–Crippen LogP) is 1.12. The summed E-state index contributed by atoms with van der Waals surface area (Å²) in [5.41, 5.74) is -0.665. The second kappa shape index (κ2) is 7.84. The summed E-state index contributed by atoms with van der Waals surface area (Å²) in [6, 6.07) is 0.203. The van der Waals surface area contributed by atoms with Gasteiger partial charge in [-0.25, -0.2) is 0 Å². The first-order chi connectivity index (χ1) is 9.12. The Labute approximate surface area is 127 Å². The number of piperidine rings is 1. The van der Waals surface area contributed by atoms with Gasteiger partial charge in [-0.05, 0) is 32.2 Å². The minimum Gasteiger partial charge on any atom is -0.350 e. The topological polar surface area (TPSA) is 70.2 Å². The van der Waals surface area contributed by atoms with Crippen molar-refractivity contribution in [3.8, 4) is 0 Å². The highest BCUT2D eigenvalue weighted by atomic mass is 35.5. The van der Waals surface area contributed by atoms with E-state index < -0.39 is 5.54 Å². The highest BCUT2D eigenvalue weighted by Gasteiger charge is 2.40. The lowest BCUT2D eigenvalue weighted by Crippen LogP contribution is -2.62. The maximum Gasteiger partial charge on any atom is 0.246 e. The molecule has 20 heavy (non-hydrogen) atoms. The molecular formula is C14H26ClN3O2. The summed E-state index contributed by atoms with van der Waals surface area (Å²) in [7, 11) is 0. The van der Waals surface area contributed by atoms with Gasteiger partial charge < -0.3 is 16.0 Å². The van der Waals surface area contributed by atoms with E-state index in [0.717, 1.165) is 58.0 Å². The van der Waals surface area contributed by atoms with Gasteiger partial charge in [-0.3, -0.25) is 9.59 Å². The van der Waals surface area contributed by atoms with E-state index in [1.54, 1.807) is 0 Å². The first-order valence-electron chi connectivity index (χ1n) is 7.43. The Morgan fingerprint density at radius 3 is 2.40 bits per heavy atom. The SMILES string of the molecule is CC(=O)NC1(C(=O)N[C@H]2CCCNC2)CCCCC1.Cl. The molecule has 2 rings (SSSR count). The van der Waals surface area contributed by atoms with Crippen LogP contribution in [0.2, 0.25) is 0 Å². The van der Waals surface area contributed by atoms with Crippen molar-refractivity contribution in [2.45, 2.75) is 63.5 Å². The van der Waals surface area contributed by atoms with Gasteiger partial charge in [-0.15, -0.1) is 12.4 Å². The minimum absolute atomic E-state index is 0. The molecule has 5 nitrogen and oxygen atoms in total. The van der Waals surface area contributed by atoms with E-state index in [-0.39, 0.29) is 30.3 Å². The van der Waals surface area contributed by atoms with Gasteiger partial charge in [0.15, 0.2) is 0 Å². The molecule has 0 spiro atoms. The van der Waals surface area contributed by atoms with Crippen LogP contribution in [0.1, 0.15) is 51.9 Å². The highest BCUT2D eigenvalue weighted by molar-refractivity contribution is 5.91. The predicted molar refractivity (Wildman–Crippen MR) is 80.9 cm³/mol. The van der Waals surface area contributed by atoms with Gasteiger partial charge in [-0.2, -0.15) is 0 Å².